The molecule has 0 unspecified atom stereocenters. The van der Waals surface area contributed by atoms with E-state index in [4.69, 9.17) is 0 Å². The molecule has 1 aliphatic heterocycles. The van der Waals surface area contributed by atoms with Gasteiger partial charge in [-0.2, -0.15) is 0 Å². The zero-order chi connectivity index (χ0) is 12.3. The highest BCUT2D eigenvalue weighted by Crippen LogP contribution is 2.20. The van der Waals surface area contributed by atoms with Crippen molar-refractivity contribution in [1.82, 2.24) is 5.32 Å². The van der Waals surface area contributed by atoms with Gasteiger partial charge in [0.2, 0.25) is 0 Å². The van der Waals surface area contributed by atoms with Crippen molar-refractivity contribution < 1.29 is 8.78 Å². The fraction of sp³-hybridized carbons (Fsp3) is 0.538. The molecule has 1 fully saturated rings. The first kappa shape index (κ1) is 12.3. The third kappa shape index (κ3) is 3.16. The number of benzene rings is 1. The van der Waals surface area contributed by atoms with Crippen LogP contribution in [-0.2, 0) is 0 Å². The van der Waals surface area contributed by atoms with Crippen LogP contribution in [0.2, 0.25) is 0 Å². The molecule has 0 aliphatic carbocycles. The van der Waals surface area contributed by atoms with Crippen molar-refractivity contribution in [3.63, 3.8) is 0 Å². The van der Waals surface area contributed by atoms with E-state index in [0.29, 0.717) is 18.0 Å². The molecular formula is C13H18F2N2. The number of halogens is 2. The van der Waals surface area contributed by atoms with Gasteiger partial charge in [0.05, 0.1) is 5.69 Å². The summed E-state index contributed by atoms with van der Waals surface area (Å²) in [5, 5.41) is 6.29. The van der Waals surface area contributed by atoms with Crippen molar-refractivity contribution in [2.24, 2.45) is 5.92 Å². The highest BCUT2D eigenvalue weighted by molar-refractivity contribution is 5.46. The van der Waals surface area contributed by atoms with Gasteiger partial charge < -0.3 is 10.6 Å². The normalized spacial score (nSPS) is 17.1. The molecule has 0 amide bonds. The first-order valence-corrected chi connectivity index (χ1v) is 6.07. The van der Waals surface area contributed by atoms with Gasteiger partial charge in [-0.15, -0.1) is 0 Å². The summed E-state index contributed by atoms with van der Waals surface area (Å²) < 4.78 is 26.9. The quantitative estimate of drug-likeness (QED) is 0.848. The lowest BCUT2D eigenvalue weighted by molar-refractivity contribution is 0.389. The molecule has 2 nitrogen and oxygen atoms in total. The van der Waals surface area contributed by atoms with Crippen LogP contribution in [0.3, 0.4) is 0 Å². The van der Waals surface area contributed by atoms with Crippen LogP contribution >= 0.6 is 0 Å². The summed E-state index contributed by atoms with van der Waals surface area (Å²) in [5.74, 6) is -0.197. The number of aryl methyl sites for hydroxylation is 1. The number of hydrogen-bond acceptors (Lipinski definition) is 2. The predicted octanol–water partition coefficient (Wildman–Crippen LogP) is 2.68. The van der Waals surface area contributed by atoms with E-state index >= 15 is 0 Å². The Hall–Kier alpha value is -1.16. The van der Waals surface area contributed by atoms with E-state index in [1.165, 1.54) is 12.1 Å². The molecule has 94 valence electrons. The molecule has 2 N–H and O–H groups in total. The van der Waals surface area contributed by atoms with E-state index in [2.05, 4.69) is 10.6 Å². The topological polar surface area (TPSA) is 24.1 Å². The maximum atomic E-state index is 13.5. The van der Waals surface area contributed by atoms with Gasteiger partial charge in [-0.25, -0.2) is 8.78 Å². The SMILES string of the molecule is Cc1cc(F)c(NCC2CCNCC2)cc1F. The van der Waals surface area contributed by atoms with Crippen LogP contribution < -0.4 is 10.6 Å². The molecule has 1 heterocycles. The molecule has 2 rings (SSSR count). The minimum absolute atomic E-state index is 0.270. The second-order valence-corrected chi connectivity index (χ2v) is 4.66. The predicted molar refractivity (Wildman–Crippen MR) is 65.2 cm³/mol. The van der Waals surface area contributed by atoms with Crippen LogP contribution in [0.5, 0.6) is 0 Å². The Kier molecular flexibility index (Phi) is 3.94. The minimum atomic E-state index is -0.377. The van der Waals surface area contributed by atoms with Crippen LogP contribution in [0.4, 0.5) is 14.5 Å². The maximum absolute atomic E-state index is 13.5. The minimum Gasteiger partial charge on any atom is -0.382 e. The molecule has 1 aliphatic rings. The van der Waals surface area contributed by atoms with Gasteiger partial charge in [0.15, 0.2) is 0 Å². The maximum Gasteiger partial charge on any atom is 0.146 e. The van der Waals surface area contributed by atoms with Gasteiger partial charge in [0.1, 0.15) is 11.6 Å². The summed E-state index contributed by atoms with van der Waals surface area (Å²) >= 11 is 0. The lowest BCUT2D eigenvalue weighted by Gasteiger charge is -2.23. The van der Waals surface area contributed by atoms with Crippen molar-refractivity contribution in [2.45, 2.75) is 19.8 Å². The third-order valence-electron chi connectivity index (χ3n) is 3.29. The standard InChI is InChI=1S/C13H18F2N2/c1-9-6-12(15)13(7-11(9)14)17-8-10-2-4-16-5-3-10/h6-7,10,16-17H,2-5,8H2,1H3. The Morgan fingerprint density at radius 2 is 1.94 bits per heavy atom. The van der Waals surface area contributed by atoms with Crippen LogP contribution in [0.25, 0.3) is 0 Å². The fourth-order valence-electron chi connectivity index (χ4n) is 2.12. The van der Waals surface area contributed by atoms with E-state index in [-0.39, 0.29) is 17.3 Å². The van der Waals surface area contributed by atoms with Crippen LogP contribution in [-0.4, -0.2) is 19.6 Å². The number of anilines is 1. The van der Waals surface area contributed by atoms with Gasteiger partial charge in [0.25, 0.3) is 0 Å². The molecule has 1 saturated heterocycles. The Labute approximate surface area is 100 Å². The number of rotatable bonds is 3. The van der Waals surface area contributed by atoms with E-state index in [1.807, 2.05) is 0 Å². The second kappa shape index (κ2) is 5.45. The van der Waals surface area contributed by atoms with Gasteiger partial charge in [-0.3, -0.25) is 0 Å². The summed E-state index contributed by atoms with van der Waals surface area (Å²) in [4.78, 5) is 0. The Morgan fingerprint density at radius 1 is 1.24 bits per heavy atom. The molecule has 4 heteroatoms. The second-order valence-electron chi connectivity index (χ2n) is 4.66. The molecule has 1 aromatic carbocycles. The summed E-state index contributed by atoms with van der Waals surface area (Å²) in [6.07, 6.45) is 2.17. The number of piperidine rings is 1. The number of nitrogens with one attached hydrogen (secondary N) is 2. The molecular weight excluding hydrogens is 222 g/mol. The van der Waals surface area contributed by atoms with Crippen molar-refractivity contribution in [2.75, 3.05) is 25.0 Å². The average molecular weight is 240 g/mol. The van der Waals surface area contributed by atoms with Crippen molar-refractivity contribution in [3.8, 4) is 0 Å². The fourth-order valence-corrected chi connectivity index (χ4v) is 2.12. The highest BCUT2D eigenvalue weighted by atomic mass is 19.1. The zero-order valence-electron chi connectivity index (χ0n) is 10.0. The Balaban J connectivity index is 1.96. The highest BCUT2D eigenvalue weighted by Gasteiger charge is 2.14. The van der Waals surface area contributed by atoms with Crippen molar-refractivity contribution in [3.05, 3.63) is 29.3 Å². The van der Waals surface area contributed by atoms with Crippen LogP contribution in [0.1, 0.15) is 18.4 Å². The lowest BCUT2D eigenvalue weighted by atomic mass is 9.98. The average Bonchev–Trinajstić information content (AvgIpc) is 2.33. The Bertz CT molecular complexity index is 387. The molecule has 0 aromatic heterocycles. The Morgan fingerprint density at radius 3 is 2.65 bits per heavy atom. The van der Waals surface area contributed by atoms with E-state index < -0.39 is 0 Å². The lowest BCUT2D eigenvalue weighted by Crippen LogP contribution is -2.31. The summed E-state index contributed by atoms with van der Waals surface area (Å²) in [6, 6.07) is 2.48. The summed E-state index contributed by atoms with van der Waals surface area (Å²) in [6.45, 7) is 4.30. The smallest absolute Gasteiger partial charge is 0.146 e. The van der Waals surface area contributed by atoms with Gasteiger partial charge in [0, 0.05) is 12.6 Å². The first-order chi connectivity index (χ1) is 8.16. The molecule has 0 bridgehead atoms. The zero-order valence-corrected chi connectivity index (χ0v) is 10.0. The largest absolute Gasteiger partial charge is 0.382 e. The molecule has 0 saturated carbocycles. The van der Waals surface area contributed by atoms with E-state index in [9.17, 15) is 8.78 Å². The van der Waals surface area contributed by atoms with Gasteiger partial charge >= 0.3 is 0 Å². The monoisotopic (exact) mass is 240 g/mol. The van der Waals surface area contributed by atoms with Crippen molar-refractivity contribution >= 4 is 5.69 Å². The van der Waals surface area contributed by atoms with Crippen LogP contribution in [0.15, 0.2) is 12.1 Å². The van der Waals surface area contributed by atoms with E-state index in [1.54, 1.807) is 6.92 Å². The van der Waals surface area contributed by atoms with E-state index in [0.717, 1.165) is 25.9 Å². The van der Waals surface area contributed by atoms with Crippen LogP contribution in [0, 0.1) is 24.5 Å². The van der Waals surface area contributed by atoms with Gasteiger partial charge in [-0.1, -0.05) is 0 Å². The first-order valence-electron chi connectivity index (χ1n) is 6.07. The number of hydrogen-bond donors (Lipinski definition) is 2. The molecule has 1 aromatic rings. The summed E-state index contributed by atoms with van der Waals surface area (Å²) in [7, 11) is 0. The molecule has 0 atom stereocenters. The molecule has 17 heavy (non-hydrogen) atoms. The molecule has 0 spiro atoms. The summed E-state index contributed by atoms with van der Waals surface area (Å²) in [5.41, 5.74) is 0.613. The van der Waals surface area contributed by atoms with Gasteiger partial charge in [-0.05, 0) is 50.4 Å². The third-order valence-corrected chi connectivity index (χ3v) is 3.29. The molecule has 0 radical (unpaired) electrons. The van der Waals surface area contributed by atoms with Crippen molar-refractivity contribution in [1.29, 1.82) is 0 Å².